The fraction of sp³-hybridized carbons (Fsp3) is 0.500. The summed E-state index contributed by atoms with van der Waals surface area (Å²) in [6.07, 6.45) is 1.03. The van der Waals surface area contributed by atoms with Gasteiger partial charge in [-0.25, -0.2) is 5.10 Å². The molecule has 1 heterocycles. The summed E-state index contributed by atoms with van der Waals surface area (Å²) in [7, 11) is 0. The zero-order chi connectivity index (χ0) is 8.97. The van der Waals surface area contributed by atoms with Crippen molar-refractivity contribution in [1.29, 1.82) is 0 Å². The van der Waals surface area contributed by atoms with E-state index in [0.717, 1.165) is 6.42 Å². The minimum atomic E-state index is -0.176. The van der Waals surface area contributed by atoms with E-state index < -0.39 is 0 Å². The highest BCUT2D eigenvalue weighted by Gasteiger charge is 1.98. The summed E-state index contributed by atoms with van der Waals surface area (Å²) in [6.45, 7) is 4.15. The van der Waals surface area contributed by atoms with Crippen LogP contribution in [0.25, 0.3) is 0 Å². The van der Waals surface area contributed by atoms with Crippen molar-refractivity contribution in [3.05, 3.63) is 22.5 Å². The van der Waals surface area contributed by atoms with Crippen LogP contribution >= 0.6 is 0 Å². The van der Waals surface area contributed by atoms with Crippen LogP contribution in [0.1, 0.15) is 20.3 Å². The van der Waals surface area contributed by atoms with Gasteiger partial charge < -0.3 is 5.32 Å². The molecule has 66 valence electrons. The molecule has 0 aliphatic rings. The van der Waals surface area contributed by atoms with Crippen LogP contribution in [-0.4, -0.2) is 16.2 Å². The molecule has 12 heavy (non-hydrogen) atoms. The number of hydrogen-bond acceptors (Lipinski definition) is 3. The molecule has 0 saturated carbocycles. The predicted octanol–water partition coefficient (Wildman–Crippen LogP) is 0.980. The molecule has 0 bridgehead atoms. The second kappa shape index (κ2) is 3.90. The standard InChI is InChI=1S/C8H13N3O/c1-3-6(2)9-7-4-5-8(12)11-10-7/h4-6H,3H2,1-2H3,(H,9,10)(H,11,12). The van der Waals surface area contributed by atoms with Gasteiger partial charge in [0.25, 0.3) is 5.56 Å². The summed E-state index contributed by atoms with van der Waals surface area (Å²) in [5.74, 6) is 0.712. The van der Waals surface area contributed by atoms with Crippen LogP contribution in [0.4, 0.5) is 5.82 Å². The number of anilines is 1. The lowest BCUT2D eigenvalue weighted by Crippen LogP contribution is -2.16. The van der Waals surface area contributed by atoms with Gasteiger partial charge in [0, 0.05) is 12.1 Å². The van der Waals surface area contributed by atoms with Crippen LogP contribution in [0.5, 0.6) is 0 Å². The number of nitrogens with zero attached hydrogens (tertiary/aromatic N) is 1. The summed E-state index contributed by atoms with van der Waals surface area (Å²) < 4.78 is 0. The molecule has 0 amide bonds. The van der Waals surface area contributed by atoms with E-state index in [4.69, 9.17) is 0 Å². The third-order valence-corrected chi connectivity index (χ3v) is 1.69. The van der Waals surface area contributed by atoms with Gasteiger partial charge in [0.15, 0.2) is 0 Å². The van der Waals surface area contributed by atoms with E-state index >= 15 is 0 Å². The SMILES string of the molecule is CCC(C)Nc1ccc(=O)[nH]n1. The number of hydrogen-bond donors (Lipinski definition) is 2. The molecule has 1 aromatic rings. The maximum absolute atomic E-state index is 10.6. The van der Waals surface area contributed by atoms with Crippen LogP contribution in [0.15, 0.2) is 16.9 Å². The van der Waals surface area contributed by atoms with Gasteiger partial charge in [-0.15, -0.1) is 0 Å². The Morgan fingerprint density at radius 1 is 1.67 bits per heavy atom. The average Bonchev–Trinajstić information content (AvgIpc) is 2.09. The summed E-state index contributed by atoms with van der Waals surface area (Å²) >= 11 is 0. The average molecular weight is 167 g/mol. The van der Waals surface area contributed by atoms with Gasteiger partial charge in [-0.1, -0.05) is 6.92 Å². The maximum Gasteiger partial charge on any atom is 0.264 e. The van der Waals surface area contributed by atoms with Crippen molar-refractivity contribution in [3.63, 3.8) is 0 Å². The van der Waals surface area contributed by atoms with E-state index in [1.807, 2.05) is 0 Å². The Hall–Kier alpha value is -1.32. The number of aromatic nitrogens is 2. The molecule has 0 fully saturated rings. The van der Waals surface area contributed by atoms with Crippen LogP contribution in [0.2, 0.25) is 0 Å². The first-order valence-corrected chi connectivity index (χ1v) is 4.04. The molecule has 0 saturated heterocycles. The van der Waals surface area contributed by atoms with Gasteiger partial charge in [0.2, 0.25) is 0 Å². The first-order valence-electron chi connectivity index (χ1n) is 4.04. The van der Waals surface area contributed by atoms with Gasteiger partial charge in [-0.2, -0.15) is 5.10 Å². The Balaban J connectivity index is 2.64. The van der Waals surface area contributed by atoms with Gasteiger partial charge in [0.1, 0.15) is 5.82 Å². The van der Waals surface area contributed by atoms with Crippen LogP contribution in [0, 0.1) is 0 Å². The normalized spacial score (nSPS) is 12.5. The molecule has 0 radical (unpaired) electrons. The summed E-state index contributed by atoms with van der Waals surface area (Å²) in [4.78, 5) is 10.6. The lowest BCUT2D eigenvalue weighted by atomic mass is 10.2. The monoisotopic (exact) mass is 167 g/mol. The van der Waals surface area contributed by atoms with Crippen molar-refractivity contribution in [1.82, 2.24) is 10.2 Å². The van der Waals surface area contributed by atoms with Crippen molar-refractivity contribution in [2.45, 2.75) is 26.3 Å². The highest BCUT2D eigenvalue weighted by atomic mass is 16.1. The number of rotatable bonds is 3. The number of H-pyrrole nitrogens is 1. The van der Waals surface area contributed by atoms with E-state index in [-0.39, 0.29) is 5.56 Å². The molecular formula is C8H13N3O. The second-order valence-electron chi connectivity index (χ2n) is 2.76. The fourth-order valence-corrected chi connectivity index (χ4v) is 0.779. The molecule has 1 rings (SSSR count). The number of aromatic amines is 1. The van der Waals surface area contributed by atoms with Crippen molar-refractivity contribution < 1.29 is 0 Å². The predicted molar refractivity (Wildman–Crippen MR) is 48.2 cm³/mol. The van der Waals surface area contributed by atoms with E-state index in [1.165, 1.54) is 6.07 Å². The van der Waals surface area contributed by atoms with E-state index in [0.29, 0.717) is 11.9 Å². The molecule has 0 aliphatic carbocycles. The smallest absolute Gasteiger partial charge is 0.264 e. The van der Waals surface area contributed by atoms with Crippen molar-refractivity contribution in [2.24, 2.45) is 0 Å². The molecule has 0 aliphatic heterocycles. The first kappa shape index (κ1) is 8.77. The number of nitrogens with one attached hydrogen (secondary N) is 2. The van der Waals surface area contributed by atoms with Crippen LogP contribution < -0.4 is 10.9 Å². The quantitative estimate of drug-likeness (QED) is 0.705. The van der Waals surface area contributed by atoms with Crippen molar-refractivity contribution in [3.8, 4) is 0 Å². The first-order chi connectivity index (χ1) is 5.72. The van der Waals surface area contributed by atoms with Gasteiger partial charge in [-0.05, 0) is 19.4 Å². The fourth-order valence-electron chi connectivity index (χ4n) is 0.779. The van der Waals surface area contributed by atoms with Gasteiger partial charge in [-0.3, -0.25) is 4.79 Å². The molecule has 1 atom stereocenters. The Kier molecular flexibility index (Phi) is 2.85. The topological polar surface area (TPSA) is 57.8 Å². The molecular weight excluding hydrogens is 154 g/mol. The Labute approximate surface area is 71.0 Å². The highest BCUT2D eigenvalue weighted by Crippen LogP contribution is 2.01. The van der Waals surface area contributed by atoms with Crippen molar-refractivity contribution in [2.75, 3.05) is 5.32 Å². The molecule has 2 N–H and O–H groups in total. The highest BCUT2D eigenvalue weighted by molar-refractivity contribution is 5.32. The van der Waals surface area contributed by atoms with E-state index in [9.17, 15) is 4.79 Å². The lowest BCUT2D eigenvalue weighted by Gasteiger charge is -2.10. The lowest BCUT2D eigenvalue weighted by molar-refractivity contribution is 0.753. The Morgan fingerprint density at radius 2 is 2.42 bits per heavy atom. The van der Waals surface area contributed by atoms with E-state index in [1.54, 1.807) is 6.07 Å². The molecule has 0 aromatic carbocycles. The summed E-state index contributed by atoms with van der Waals surface area (Å²) in [5.41, 5.74) is -0.176. The van der Waals surface area contributed by atoms with E-state index in [2.05, 4.69) is 29.4 Å². The third kappa shape index (κ3) is 2.38. The molecule has 1 unspecified atom stereocenters. The Morgan fingerprint density at radius 3 is 2.92 bits per heavy atom. The largest absolute Gasteiger partial charge is 0.366 e. The maximum atomic E-state index is 10.6. The third-order valence-electron chi connectivity index (χ3n) is 1.69. The van der Waals surface area contributed by atoms with Gasteiger partial charge >= 0.3 is 0 Å². The zero-order valence-corrected chi connectivity index (χ0v) is 7.29. The van der Waals surface area contributed by atoms with Gasteiger partial charge in [0.05, 0.1) is 0 Å². The minimum absolute atomic E-state index is 0.176. The molecule has 4 heteroatoms. The van der Waals surface area contributed by atoms with Crippen LogP contribution in [-0.2, 0) is 0 Å². The molecule has 0 spiro atoms. The second-order valence-corrected chi connectivity index (χ2v) is 2.76. The van der Waals surface area contributed by atoms with Crippen molar-refractivity contribution >= 4 is 5.82 Å². The Bertz CT molecular complexity index is 274. The zero-order valence-electron chi connectivity index (χ0n) is 7.29. The van der Waals surface area contributed by atoms with Crippen LogP contribution in [0.3, 0.4) is 0 Å². The summed E-state index contributed by atoms with van der Waals surface area (Å²) in [6, 6.07) is 3.51. The summed E-state index contributed by atoms with van der Waals surface area (Å²) in [5, 5.41) is 9.32. The minimum Gasteiger partial charge on any atom is -0.366 e. The molecule has 1 aromatic heterocycles. The molecule has 4 nitrogen and oxygen atoms in total.